The van der Waals surface area contributed by atoms with Crippen LogP contribution in [0.3, 0.4) is 0 Å². The van der Waals surface area contributed by atoms with E-state index in [1.807, 2.05) is 4.90 Å². The maximum absolute atomic E-state index is 13.1. The molecular weight excluding hydrogens is 340 g/mol. The van der Waals surface area contributed by atoms with Crippen LogP contribution < -0.4 is 5.32 Å². The summed E-state index contributed by atoms with van der Waals surface area (Å²) in [6.07, 6.45) is 5.50. The van der Waals surface area contributed by atoms with Crippen LogP contribution in [0.1, 0.15) is 53.5 Å². The molecule has 1 aliphatic rings. The van der Waals surface area contributed by atoms with Crippen LogP contribution in [0, 0.1) is 0 Å². The normalized spacial score (nSPS) is 17.4. The minimum atomic E-state index is -0.396. The predicted molar refractivity (Wildman–Crippen MR) is 97.1 cm³/mol. The molecule has 1 fully saturated rings. The number of furan rings is 1. The summed E-state index contributed by atoms with van der Waals surface area (Å²) in [4.78, 5) is 27.3. The van der Waals surface area contributed by atoms with Crippen molar-refractivity contribution in [2.75, 3.05) is 11.9 Å². The van der Waals surface area contributed by atoms with Crippen LogP contribution in [-0.2, 0) is 0 Å². The van der Waals surface area contributed by atoms with E-state index < -0.39 is 5.91 Å². The second kappa shape index (κ2) is 7.74. The minimum absolute atomic E-state index is 0.0937. The molecule has 0 radical (unpaired) electrons. The highest BCUT2D eigenvalue weighted by atomic mass is 35.5. The Hall–Kier alpha value is -2.27. The molecule has 3 rings (SSSR count). The summed E-state index contributed by atoms with van der Waals surface area (Å²) in [7, 11) is 0. The first-order chi connectivity index (χ1) is 12.1. The highest BCUT2D eigenvalue weighted by molar-refractivity contribution is 6.31. The molecule has 1 aromatic heterocycles. The number of rotatable bonds is 4. The number of carbonyl (C=O) groups excluding carboxylic acids is 2. The smallest absolute Gasteiger partial charge is 0.291 e. The lowest BCUT2D eigenvalue weighted by Crippen LogP contribution is -2.43. The van der Waals surface area contributed by atoms with Crippen molar-refractivity contribution in [1.82, 2.24) is 4.90 Å². The Morgan fingerprint density at radius 1 is 1.32 bits per heavy atom. The van der Waals surface area contributed by atoms with Gasteiger partial charge in [-0.25, -0.2) is 0 Å². The fourth-order valence-corrected chi connectivity index (χ4v) is 3.41. The van der Waals surface area contributed by atoms with E-state index in [4.69, 9.17) is 16.0 Å². The van der Waals surface area contributed by atoms with Crippen molar-refractivity contribution in [3.63, 3.8) is 0 Å². The van der Waals surface area contributed by atoms with Crippen molar-refractivity contribution in [1.29, 1.82) is 0 Å². The summed E-state index contributed by atoms with van der Waals surface area (Å²) in [5, 5.41) is 3.22. The monoisotopic (exact) mass is 360 g/mol. The molecule has 5 nitrogen and oxygen atoms in total. The fourth-order valence-electron chi connectivity index (χ4n) is 3.24. The van der Waals surface area contributed by atoms with Crippen LogP contribution in [0.2, 0.25) is 5.02 Å². The van der Waals surface area contributed by atoms with Crippen LogP contribution >= 0.6 is 11.6 Å². The summed E-state index contributed by atoms with van der Waals surface area (Å²) in [6.45, 7) is 2.82. The van der Waals surface area contributed by atoms with Gasteiger partial charge in [0.15, 0.2) is 5.76 Å². The Morgan fingerprint density at radius 3 is 2.88 bits per heavy atom. The molecule has 2 aromatic rings. The molecule has 0 saturated carbocycles. The molecule has 132 valence electrons. The first-order valence-electron chi connectivity index (χ1n) is 8.55. The van der Waals surface area contributed by atoms with Crippen molar-refractivity contribution in [2.45, 2.75) is 38.6 Å². The molecule has 1 N–H and O–H groups in total. The van der Waals surface area contributed by atoms with E-state index in [0.717, 1.165) is 32.2 Å². The quantitative estimate of drug-likeness (QED) is 0.867. The standard InChI is InChI=1S/C19H21ClN2O3/c1-2-14-6-3-4-10-22(14)19(24)15-12-13(20)8-9-16(15)21-18(23)17-7-5-11-25-17/h5,7-9,11-12,14H,2-4,6,10H2,1H3,(H,21,23)/t14-/m1/s1. The Labute approximate surface area is 151 Å². The summed E-state index contributed by atoms with van der Waals surface area (Å²) < 4.78 is 5.11. The third kappa shape index (κ3) is 3.87. The largest absolute Gasteiger partial charge is 0.459 e. The second-order valence-electron chi connectivity index (χ2n) is 6.18. The number of halogens is 1. The number of anilines is 1. The van der Waals surface area contributed by atoms with Crippen molar-refractivity contribution in [3.05, 3.63) is 52.9 Å². The van der Waals surface area contributed by atoms with E-state index in [1.165, 1.54) is 6.26 Å². The van der Waals surface area contributed by atoms with Gasteiger partial charge in [-0.3, -0.25) is 9.59 Å². The van der Waals surface area contributed by atoms with Crippen molar-refractivity contribution in [2.24, 2.45) is 0 Å². The molecule has 1 atom stereocenters. The molecular formula is C19H21ClN2O3. The Kier molecular flexibility index (Phi) is 5.43. The lowest BCUT2D eigenvalue weighted by molar-refractivity contribution is 0.0609. The number of benzene rings is 1. The first-order valence-corrected chi connectivity index (χ1v) is 8.93. The van der Waals surface area contributed by atoms with Crippen molar-refractivity contribution in [3.8, 4) is 0 Å². The summed E-state index contributed by atoms with van der Waals surface area (Å²) in [6, 6.07) is 8.37. The number of piperidine rings is 1. The highest BCUT2D eigenvalue weighted by Crippen LogP contribution is 2.27. The van der Waals surface area contributed by atoms with Crippen LogP contribution in [0.5, 0.6) is 0 Å². The highest BCUT2D eigenvalue weighted by Gasteiger charge is 2.28. The molecule has 0 bridgehead atoms. The van der Waals surface area contributed by atoms with Crippen LogP contribution in [0.4, 0.5) is 5.69 Å². The molecule has 0 aliphatic carbocycles. The van der Waals surface area contributed by atoms with E-state index in [-0.39, 0.29) is 17.7 Å². The molecule has 2 heterocycles. The van der Waals surface area contributed by atoms with Gasteiger partial charge in [-0.2, -0.15) is 0 Å². The Bertz CT molecular complexity index is 758. The maximum Gasteiger partial charge on any atom is 0.291 e. The summed E-state index contributed by atoms with van der Waals surface area (Å²) in [5.74, 6) is -0.298. The van der Waals surface area contributed by atoms with Gasteiger partial charge in [0, 0.05) is 17.6 Å². The van der Waals surface area contributed by atoms with Gasteiger partial charge >= 0.3 is 0 Å². The van der Waals surface area contributed by atoms with Gasteiger partial charge in [0.25, 0.3) is 11.8 Å². The molecule has 0 spiro atoms. The number of nitrogens with zero attached hydrogens (tertiary/aromatic N) is 1. The van der Waals surface area contributed by atoms with Gasteiger partial charge in [-0.1, -0.05) is 18.5 Å². The van der Waals surface area contributed by atoms with E-state index in [2.05, 4.69) is 12.2 Å². The topological polar surface area (TPSA) is 62.6 Å². The number of hydrogen-bond donors (Lipinski definition) is 1. The van der Waals surface area contributed by atoms with Crippen molar-refractivity contribution < 1.29 is 14.0 Å². The average molecular weight is 361 g/mol. The van der Waals surface area contributed by atoms with Gasteiger partial charge in [0.1, 0.15) is 0 Å². The zero-order valence-corrected chi connectivity index (χ0v) is 14.9. The average Bonchev–Trinajstić information content (AvgIpc) is 3.17. The maximum atomic E-state index is 13.1. The van der Waals surface area contributed by atoms with Gasteiger partial charge < -0.3 is 14.6 Å². The molecule has 1 aromatic carbocycles. The summed E-state index contributed by atoms with van der Waals surface area (Å²) in [5.41, 5.74) is 0.851. The Balaban J connectivity index is 1.88. The SMILES string of the molecule is CC[C@@H]1CCCCN1C(=O)c1cc(Cl)ccc1NC(=O)c1ccco1. The van der Waals surface area contributed by atoms with E-state index in [9.17, 15) is 9.59 Å². The van der Waals surface area contributed by atoms with E-state index >= 15 is 0 Å². The van der Waals surface area contributed by atoms with Gasteiger partial charge in [-0.15, -0.1) is 0 Å². The molecule has 0 unspecified atom stereocenters. The number of nitrogens with one attached hydrogen (secondary N) is 1. The molecule has 6 heteroatoms. The van der Waals surface area contributed by atoms with Gasteiger partial charge in [0.2, 0.25) is 0 Å². The third-order valence-corrected chi connectivity index (χ3v) is 4.80. The van der Waals surface area contributed by atoms with E-state index in [0.29, 0.717) is 16.3 Å². The van der Waals surface area contributed by atoms with E-state index in [1.54, 1.807) is 30.3 Å². The lowest BCUT2D eigenvalue weighted by atomic mass is 9.98. The second-order valence-corrected chi connectivity index (χ2v) is 6.61. The summed E-state index contributed by atoms with van der Waals surface area (Å²) >= 11 is 6.10. The Morgan fingerprint density at radius 2 is 2.16 bits per heavy atom. The molecule has 1 saturated heterocycles. The number of amides is 2. The van der Waals surface area contributed by atoms with Gasteiger partial charge in [-0.05, 0) is 56.0 Å². The van der Waals surface area contributed by atoms with Crippen LogP contribution in [0.25, 0.3) is 0 Å². The number of hydrogen-bond acceptors (Lipinski definition) is 3. The zero-order valence-electron chi connectivity index (χ0n) is 14.1. The molecule has 25 heavy (non-hydrogen) atoms. The van der Waals surface area contributed by atoms with Crippen LogP contribution in [-0.4, -0.2) is 29.3 Å². The van der Waals surface area contributed by atoms with Crippen LogP contribution in [0.15, 0.2) is 41.0 Å². The van der Waals surface area contributed by atoms with Gasteiger partial charge in [0.05, 0.1) is 17.5 Å². The van der Waals surface area contributed by atoms with Crippen molar-refractivity contribution >= 4 is 29.1 Å². The molecule has 2 amide bonds. The fraction of sp³-hybridized carbons (Fsp3) is 0.368. The third-order valence-electron chi connectivity index (χ3n) is 4.56. The minimum Gasteiger partial charge on any atom is -0.459 e. The number of carbonyl (C=O) groups is 2. The zero-order chi connectivity index (χ0) is 17.8. The molecule has 1 aliphatic heterocycles. The first kappa shape index (κ1) is 17.5. The lowest BCUT2D eigenvalue weighted by Gasteiger charge is -2.35. The predicted octanol–water partition coefficient (Wildman–Crippen LogP) is 4.59. The number of likely N-dealkylation sites (tertiary alicyclic amines) is 1.